The zero-order valence-electron chi connectivity index (χ0n) is 12.6. The number of hydrogen-bond donors (Lipinski definition) is 2. The van der Waals surface area contributed by atoms with Gasteiger partial charge in [0.15, 0.2) is 0 Å². The SMILES string of the molecule is Cl.NC1CCC(NC(=O)CCCOc2ccccc2Cl)CC1. The molecule has 1 amide bonds. The van der Waals surface area contributed by atoms with Crippen LogP contribution in [0.4, 0.5) is 0 Å². The van der Waals surface area contributed by atoms with Crippen LogP contribution in [0.1, 0.15) is 38.5 Å². The first kappa shape index (κ1) is 19.1. The Morgan fingerprint density at radius 3 is 2.64 bits per heavy atom. The molecule has 4 nitrogen and oxygen atoms in total. The normalized spacial score (nSPS) is 20.8. The van der Waals surface area contributed by atoms with E-state index in [1.54, 1.807) is 6.07 Å². The third-order valence-electron chi connectivity index (χ3n) is 3.78. The van der Waals surface area contributed by atoms with Gasteiger partial charge in [0.1, 0.15) is 5.75 Å². The topological polar surface area (TPSA) is 64.3 Å². The Hall–Kier alpha value is -0.970. The lowest BCUT2D eigenvalue weighted by Crippen LogP contribution is -2.40. The maximum Gasteiger partial charge on any atom is 0.220 e. The monoisotopic (exact) mass is 346 g/mol. The molecule has 0 atom stereocenters. The number of para-hydroxylation sites is 1. The number of amides is 1. The zero-order valence-corrected chi connectivity index (χ0v) is 14.2. The minimum Gasteiger partial charge on any atom is -0.492 e. The summed E-state index contributed by atoms with van der Waals surface area (Å²) in [6.07, 6.45) is 5.14. The lowest BCUT2D eigenvalue weighted by Gasteiger charge is -2.26. The van der Waals surface area contributed by atoms with Gasteiger partial charge in [0.25, 0.3) is 0 Å². The predicted octanol–water partition coefficient (Wildman–Crippen LogP) is 3.31. The molecule has 1 fully saturated rings. The maximum atomic E-state index is 11.8. The first-order valence-electron chi connectivity index (χ1n) is 7.57. The largest absolute Gasteiger partial charge is 0.492 e. The van der Waals surface area contributed by atoms with E-state index < -0.39 is 0 Å². The highest BCUT2D eigenvalue weighted by Crippen LogP contribution is 2.23. The van der Waals surface area contributed by atoms with Crippen LogP contribution in [-0.2, 0) is 4.79 Å². The van der Waals surface area contributed by atoms with Crippen LogP contribution in [0.3, 0.4) is 0 Å². The molecule has 1 aromatic rings. The number of nitrogens with one attached hydrogen (secondary N) is 1. The zero-order chi connectivity index (χ0) is 15.1. The standard InChI is InChI=1S/C16H23ClN2O2.ClH/c17-14-4-1-2-5-15(14)21-11-3-6-16(20)19-13-9-7-12(18)8-10-13;/h1-2,4-5,12-13H,3,6-11,18H2,(H,19,20);1H. The van der Waals surface area contributed by atoms with Crippen molar-refractivity contribution in [3.8, 4) is 5.75 Å². The first-order chi connectivity index (χ1) is 10.1. The van der Waals surface area contributed by atoms with E-state index >= 15 is 0 Å². The van der Waals surface area contributed by atoms with Crippen LogP contribution in [-0.4, -0.2) is 24.6 Å². The number of nitrogens with two attached hydrogens (primary N) is 1. The minimum absolute atomic E-state index is 0. The highest BCUT2D eigenvalue weighted by Gasteiger charge is 2.19. The maximum absolute atomic E-state index is 11.8. The van der Waals surface area contributed by atoms with E-state index in [2.05, 4.69) is 5.32 Å². The molecule has 1 aromatic carbocycles. The molecule has 0 radical (unpaired) electrons. The van der Waals surface area contributed by atoms with Crippen molar-refractivity contribution in [2.45, 2.75) is 50.6 Å². The molecule has 0 unspecified atom stereocenters. The first-order valence-corrected chi connectivity index (χ1v) is 7.95. The smallest absolute Gasteiger partial charge is 0.220 e. The minimum atomic E-state index is 0. The van der Waals surface area contributed by atoms with Gasteiger partial charge in [-0.15, -0.1) is 12.4 Å². The molecular formula is C16H24Cl2N2O2. The van der Waals surface area contributed by atoms with E-state index in [-0.39, 0.29) is 18.3 Å². The van der Waals surface area contributed by atoms with Crippen molar-refractivity contribution in [2.75, 3.05) is 6.61 Å². The molecule has 3 N–H and O–H groups in total. The van der Waals surface area contributed by atoms with E-state index in [1.807, 2.05) is 18.2 Å². The fourth-order valence-corrected chi connectivity index (χ4v) is 2.73. The van der Waals surface area contributed by atoms with Crippen molar-refractivity contribution in [3.63, 3.8) is 0 Å². The quantitative estimate of drug-likeness (QED) is 0.776. The van der Waals surface area contributed by atoms with Gasteiger partial charge in [-0.2, -0.15) is 0 Å². The van der Waals surface area contributed by atoms with E-state index in [1.165, 1.54) is 0 Å². The fourth-order valence-electron chi connectivity index (χ4n) is 2.54. The fraction of sp³-hybridized carbons (Fsp3) is 0.562. The van der Waals surface area contributed by atoms with Crippen LogP contribution in [0.2, 0.25) is 5.02 Å². The Balaban J connectivity index is 0.00000242. The number of carbonyl (C=O) groups is 1. The number of carbonyl (C=O) groups excluding carboxylic acids is 1. The van der Waals surface area contributed by atoms with Gasteiger partial charge in [-0.25, -0.2) is 0 Å². The number of ether oxygens (including phenoxy) is 1. The summed E-state index contributed by atoms with van der Waals surface area (Å²) >= 11 is 5.99. The molecule has 0 spiro atoms. The van der Waals surface area contributed by atoms with Gasteiger partial charge in [0.05, 0.1) is 11.6 Å². The Labute approximate surface area is 143 Å². The highest BCUT2D eigenvalue weighted by atomic mass is 35.5. The summed E-state index contributed by atoms with van der Waals surface area (Å²) in [7, 11) is 0. The Morgan fingerprint density at radius 1 is 1.27 bits per heavy atom. The Morgan fingerprint density at radius 2 is 1.95 bits per heavy atom. The van der Waals surface area contributed by atoms with Crippen LogP contribution in [0, 0.1) is 0 Å². The number of halogens is 2. The van der Waals surface area contributed by atoms with Gasteiger partial charge in [-0.3, -0.25) is 4.79 Å². The van der Waals surface area contributed by atoms with Gasteiger partial charge >= 0.3 is 0 Å². The van der Waals surface area contributed by atoms with Crippen LogP contribution >= 0.6 is 24.0 Å². The second kappa shape index (κ2) is 9.93. The van der Waals surface area contributed by atoms with Crippen molar-refractivity contribution in [2.24, 2.45) is 5.73 Å². The summed E-state index contributed by atoms with van der Waals surface area (Å²) in [6.45, 7) is 0.493. The van der Waals surface area contributed by atoms with Crippen LogP contribution in [0.25, 0.3) is 0 Å². The summed E-state index contributed by atoms with van der Waals surface area (Å²) in [6, 6.07) is 7.95. The Bertz CT molecular complexity index is 463. The van der Waals surface area contributed by atoms with Crippen molar-refractivity contribution in [1.29, 1.82) is 0 Å². The molecule has 6 heteroatoms. The second-order valence-electron chi connectivity index (χ2n) is 5.56. The summed E-state index contributed by atoms with van der Waals surface area (Å²) in [5.74, 6) is 0.763. The highest BCUT2D eigenvalue weighted by molar-refractivity contribution is 6.32. The van der Waals surface area contributed by atoms with E-state index in [9.17, 15) is 4.79 Å². The molecule has 0 saturated heterocycles. The molecule has 0 aromatic heterocycles. The van der Waals surface area contributed by atoms with Gasteiger partial charge in [-0.1, -0.05) is 23.7 Å². The second-order valence-corrected chi connectivity index (χ2v) is 5.97. The predicted molar refractivity (Wildman–Crippen MR) is 91.8 cm³/mol. The summed E-state index contributed by atoms with van der Waals surface area (Å²) in [4.78, 5) is 11.8. The summed E-state index contributed by atoms with van der Waals surface area (Å²) in [5, 5.41) is 3.67. The van der Waals surface area contributed by atoms with E-state index in [0.717, 1.165) is 25.7 Å². The third-order valence-corrected chi connectivity index (χ3v) is 4.09. The van der Waals surface area contributed by atoms with Gasteiger partial charge in [0, 0.05) is 18.5 Å². The molecule has 22 heavy (non-hydrogen) atoms. The third kappa shape index (κ3) is 6.42. The van der Waals surface area contributed by atoms with Gasteiger partial charge in [0.2, 0.25) is 5.91 Å². The van der Waals surface area contributed by atoms with Gasteiger partial charge in [-0.05, 0) is 44.2 Å². The summed E-state index contributed by atoms with van der Waals surface area (Å²) < 4.78 is 5.56. The van der Waals surface area contributed by atoms with Crippen molar-refractivity contribution >= 4 is 29.9 Å². The molecule has 0 aliphatic heterocycles. The molecule has 1 aliphatic carbocycles. The Kier molecular flexibility index (Phi) is 8.61. The lowest BCUT2D eigenvalue weighted by atomic mass is 9.92. The number of rotatable bonds is 6. The van der Waals surface area contributed by atoms with Crippen molar-refractivity contribution in [1.82, 2.24) is 5.32 Å². The average molecular weight is 347 g/mol. The lowest BCUT2D eigenvalue weighted by molar-refractivity contribution is -0.122. The molecule has 124 valence electrons. The number of benzene rings is 1. The van der Waals surface area contributed by atoms with Crippen LogP contribution < -0.4 is 15.8 Å². The van der Waals surface area contributed by atoms with E-state index in [0.29, 0.717) is 42.3 Å². The van der Waals surface area contributed by atoms with E-state index in [4.69, 9.17) is 22.1 Å². The molecule has 2 rings (SSSR count). The van der Waals surface area contributed by atoms with Crippen LogP contribution in [0.5, 0.6) is 5.75 Å². The molecule has 0 heterocycles. The molecule has 0 bridgehead atoms. The summed E-state index contributed by atoms with van der Waals surface area (Å²) in [5.41, 5.74) is 5.85. The number of hydrogen-bond acceptors (Lipinski definition) is 3. The van der Waals surface area contributed by atoms with Crippen LogP contribution in [0.15, 0.2) is 24.3 Å². The van der Waals surface area contributed by atoms with Crippen molar-refractivity contribution in [3.05, 3.63) is 29.3 Å². The molecule has 1 aliphatic rings. The molecule has 1 saturated carbocycles. The van der Waals surface area contributed by atoms with Gasteiger partial charge < -0.3 is 15.8 Å². The average Bonchev–Trinajstić information content (AvgIpc) is 2.48. The van der Waals surface area contributed by atoms with Crippen molar-refractivity contribution < 1.29 is 9.53 Å². The molecular weight excluding hydrogens is 323 g/mol.